The van der Waals surface area contributed by atoms with Crippen LogP contribution in [-0.4, -0.2) is 54.7 Å². The van der Waals surface area contributed by atoms with Gasteiger partial charge in [-0.25, -0.2) is 0 Å². The van der Waals surface area contributed by atoms with E-state index in [-0.39, 0.29) is 0 Å². The van der Waals surface area contributed by atoms with E-state index in [0.717, 1.165) is 0 Å². The normalized spacial score (nSPS) is 13.5. The third-order valence-electron chi connectivity index (χ3n) is 1.70. The van der Waals surface area contributed by atoms with Gasteiger partial charge in [0.25, 0.3) is 0 Å². The first kappa shape index (κ1) is 16.7. The second-order valence-corrected chi connectivity index (χ2v) is 16.0. The lowest BCUT2D eigenvalue weighted by molar-refractivity contribution is 0.196. The Balaban J connectivity index is 4.88. The van der Waals surface area contributed by atoms with Gasteiger partial charge in [0.05, 0.1) is 0 Å². The lowest BCUT2D eigenvalue weighted by atomic mass is 11.3. The molecule has 4 nitrogen and oxygen atoms in total. The molecule has 0 saturated heterocycles. The number of rotatable bonds is 7. The monoisotopic (exact) mass is 297 g/mol. The summed E-state index contributed by atoms with van der Waals surface area (Å²) in [6.45, 7) is 13.0. The van der Waals surface area contributed by atoms with Crippen LogP contribution in [0.3, 0.4) is 0 Å². The molecule has 0 heterocycles. The van der Waals surface area contributed by atoms with E-state index in [1.54, 1.807) is 0 Å². The summed E-state index contributed by atoms with van der Waals surface area (Å²) in [5.41, 5.74) is 0. The van der Waals surface area contributed by atoms with Crippen LogP contribution in [0.1, 0.15) is 0 Å². The number of hydrogen-bond donors (Lipinski definition) is 0. The molecule has 0 unspecified atom stereocenters. The van der Waals surface area contributed by atoms with Crippen molar-refractivity contribution in [2.24, 2.45) is 0 Å². The minimum Gasteiger partial charge on any atom is -0.408 e. The van der Waals surface area contributed by atoms with E-state index in [1.165, 1.54) is 0 Å². The van der Waals surface area contributed by atoms with Gasteiger partial charge >= 0.3 is 8.97 Å². The Morgan fingerprint density at radius 2 is 0.938 bits per heavy atom. The first-order valence-electron chi connectivity index (χ1n) is 5.90. The van der Waals surface area contributed by atoms with E-state index in [9.17, 15) is 0 Å². The predicted octanol–water partition coefficient (Wildman–Crippen LogP) is 0.984. The van der Waals surface area contributed by atoms with E-state index in [4.69, 9.17) is 12.3 Å². The maximum atomic E-state index is 6.15. The Bertz CT molecular complexity index is 175. The van der Waals surface area contributed by atoms with Crippen molar-refractivity contribution in [3.8, 4) is 0 Å². The Labute approximate surface area is 107 Å². The average Bonchev–Trinajstić information content (AvgIpc) is 1.98. The molecule has 98 valence electrons. The largest absolute Gasteiger partial charge is 0.566 e. The predicted molar refractivity (Wildman–Crippen MR) is 79.3 cm³/mol. The van der Waals surface area contributed by atoms with E-state index in [1.807, 2.05) is 14.1 Å². The van der Waals surface area contributed by atoms with Crippen LogP contribution in [-0.2, 0) is 12.3 Å². The Kier molecular flexibility index (Phi) is 7.53. The molecule has 0 aromatic carbocycles. The molecular formula is C8H27NO3Si4. The van der Waals surface area contributed by atoms with Gasteiger partial charge in [-0.15, -0.1) is 0 Å². The van der Waals surface area contributed by atoms with E-state index < -0.39 is 36.1 Å². The highest BCUT2D eigenvalue weighted by molar-refractivity contribution is 6.78. The molecule has 0 bridgehead atoms. The van der Waals surface area contributed by atoms with Crippen molar-refractivity contribution in [2.75, 3.05) is 14.1 Å². The van der Waals surface area contributed by atoms with Crippen LogP contribution in [0.5, 0.6) is 0 Å². The maximum absolute atomic E-state index is 6.15. The first-order chi connectivity index (χ1) is 7.19. The van der Waals surface area contributed by atoms with Gasteiger partial charge in [-0.1, -0.05) is 0 Å². The van der Waals surface area contributed by atoms with Crippen LogP contribution >= 0.6 is 0 Å². The molecule has 0 N–H and O–H groups in total. The van der Waals surface area contributed by atoms with Crippen molar-refractivity contribution in [2.45, 2.75) is 39.3 Å². The van der Waals surface area contributed by atoms with Gasteiger partial charge in [0, 0.05) is 0 Å². The standard InChI is InChI=1S/C8H27NO3Si4/c1-9(2)16(10-13(3)4,11-14(5)6)12-15(7)8/h13-15H,1-8H3. The molecule has 0 fully saturated rings. The maximum Gasteiger partial charge on any atom is 0.566 e. The molecule has 0 radical (unpaired) electrons. The minimum absolute atomic E-state index is 1.15. The molecule has 0 rings (SSSR count). The van der Waals surface area contributed by atoms with Crippen LogP contribution in [0.15, 0.2) is 0 Å². The zero-order valence-electron chi connectivity index (χ0n) is 11.9. The highest BCUT2D eigenvalue weighted by Crippen LogP contribution is 2.17. The average molecular weight is 298 g/mol. The van der Waals surface area contributed by atoms with Crippen molar-refractivity contribution in [1.82, 2.24) is 4.57 Å². The van der Waals surface area contributed by atoms with Crippen LogP contribution in [0.2, 0.25) is 39.3 Å². The van der Waals surface area contributed by atoms with Gasteiger partial charge in [0.2, 0.25) is 0 Å². The lowest BCUT2D eigenvalue weighted by Gasteiger charge is -2.38. The summed E-state index contributed by atoms with van der Waals surface area (Å²) >= 11 is 0. The second-order valence-electron chi connectivity index (χ2n) is 4.92. The van der Waals surface area contributed by atoms with Gasteiger partial charge in [-0.05, 0) is 53.4 Å². The zero-order chi connectivity index (χ0) is 12.9. The number of nitrogens with zero attached hydrogens (tertiary/aromatic N) is 1. The molecule has 0 aliphatic rings. The molecule has 0 aromatic rings. The van der Waals surface area contributed by atoms with E-state index in [2.05, 4.69) is 43.8 Å². The molecular weight excluding hydrogens is 270 g/mol. The molecule has 0 saturated carbocycles. The second kappa shape index (κ2) is 7.21. The summed E-state index contributed by atoms with van der Waals surface area (Å²) in [7, 11) is -1.99. The van der Waals surface area contributed by atoms with Crippen molar-refractivity contribution < 1.29 is 12.3 Å². The number of hydrogen-bond acceptors (Lipinski definition) is 4. The third-order valence-corrected chi connectivity index (χ3v) is 12.0. The van der Waals surface area contributed by atoms with Crippen LogP contribution in [0.4, 0.5) is 0 Å². The Morgan fingerprint density at radius 1 is 0.688 bits per heavy atom. The van der Waals surface area contributed by atoms with Gasteiger partial charge in [0.15, 0.2) is 27.1 Å². The van der Waals surface area contributed by atoms with E-state index >= 15 is 0 Å². The summed E-state index contributed by atoms with van der Waals surface area (Å²) in [6.07, 6.45) is 0. The van der Waals surface area contributed by atoms with Crippen molar-refractivity contribution in [3.05, 3.63) is 0 Å². The minimum atomic E-state index is -2.54. The molecule has 0 aliphatic heterocycles. The fraction of sp³-hybridized carbons (Fsp3) is 1.00. The fourth-order valence-electron chi connectivity index (χ4n) is 1.29. The molecule has 0 atom stereocenters. The van der Waals surface area contributed by atoms with Crippen LogP contribution in [0, 0.1) is 0 Å². The van der Waals surface area contributed by atoms with Crippen LogP contribution < -0.4 is 0 Å². The SMILES string of the molecule is CN(C)[Si](O[SiH](C)C)(O[SiH](C)C)O[SiH](C)C. The summed E-state index contributed by atoms with van der Waals surface area (Å²) in [5, 5.41) is 0. The molecule has 0 spiro atoms. The van der Waals surface area contributed by atoms with Crippen LogP contribution in [0.25, 0.3) is 0 Å². The van der Waals surface area contributed by atoms with Gasteiger partial charge in [0.1, 0.15) is 0 Å². The topological polar surface area (TPSA) is 30.9 Å². The fourth-order valence-corrected chi connectivity index (χ4v) is 13.1. The Morgan fingerprint density at radius 3 is 1.06 bits per heavy atom. The highest BCUT2D eigenvalue weighted by atomic mass is 28.5. The van der Waals surface area contributed by atoms with Crippen molar-refractivity contribution in [3.63, 3.8) is 0 Å². The quantitative estimate of drug-likeness (QED) is 0.656. The summed E-state index contributed by atoms with van der Waals surface area (Å²) in [5.74, 6) is 0. The molecule has 16 heavy (non-hydrogen) atoms. The molecule has 8 heteroatoms. The zero-order valence-corrected chi connectivity index (χ0v) is 16.4. The summed E-state index contributed by atoms with van der Waals surface area (Å²) in [4.78, 5) is 0. The molecule has 0 amide bonds. The molecule has 0 aliphatic carbocycles. The van der Waals surface area contributed by atoms with Gasteiger partial charge in [-0.3, -0.25) is 4.57 Å². The van der Waals surface area contributed by atoms with Crippen molar-refractivity contribution >= 4 is 36.1 Å². The molecule has 0 aromatic heterocycles. The summed E-state index contributed by atoms with van der Waals surface area (Å²) < 4.78 is 20.5. The van der Waals surface area contributed by atoms with Gasteiger partial charge < -0.3 is 12.3 Å². The van der Waals surface area contributed by atoms with Crippen molar-refractivity contribution in [1.29, 1.82) is 0 Å². The first-order valence-corrected chi connectivity index (χ1v) is 15.9. The highest BCUT2D eigenvalue weighted by Gasteiger charge is 2.46. The Hall–Kier alpha value is 0.708. The van der Waals surface area contributed by atoms with Gasteiger partial charge in [-0.2, -0.15) is 0 Å². The van der Waals surface area contributed by atoms with E-state index in [0.29, 0.717) is 0 Å². The smallest absolute Gasteiger partial charge is 0.408 e. The third kappa shape index (κ3) is 5.86. The lowest BCUT2D eigenvalue weighted by Crippen LogP contribution is -2.63. The summed E-state index contributed by atoms with van der Waals surface area (Å²) in [6, 6.07) is 0.